The molecule has 2 heterocycles. The highest BCUT2D eigenvalue weighted by atomic mass is 16.5. The van der Waals surface area contributed by atoms with Crippen LogP contribution >= 0.6 is 0 Å². The van der Waals surface area contributed by atoms with Crippen molar-refractivity contribution in [3.8, 4) is 0 Å². The summed E-state index contributed by atoms with van der Waals surface area (Å²) in [6.45, 7) is 5.15. The van der Waals surface area contributed by atoms with Crippen LogP contribution in [-0.4, -0.2) is 47.2 Å². The SMILES string of the molecule is COC(=O)C(C)(C)C1CCN(C(=O)c2cn[nH]c2)CC1. The van der Waals surface area contributed by atoms with E-state index in [1.807, 2.05) is 18.7 Å². The number of hydrogen-bond acceptors (Lipinski definition) is 4. The quantitative estimate of drug-likeness (QED) is 0.850. The van der Waals surface area contributed by atoms with Crippen molar-refractivity contribution < 1.29 is 14.3 Å². The van der Waals surface area contributed by atoms with Crippen LogP contribution in [0.3, 0.4) is 0 Å². The molecule has 6 nitrogen and oxygen atoms in total. The number of hydrogen-bond donors (Lipinski definition) is 1. The summed E-state index contributed by atoms with van der Waals surface area (Å²) in [6, 6.07) is 0. The van der Waals surface area contributed by atoms with Crippen LogP contribution in [0.2, 0.25) is 0 Å². The molecular weight excluding hydrogens is 258 g/mol. The summed E-state index contributed by atoms with van der Waals surface area (Å²) in [5.41, 5.74) is 0.0789. The summed E-state index contributed by atoms with van der Waals surface area (Å²) in [5, 5.41) is 6.44. The van der Waals surface area contributed by atoms with E-state index in [9.17, 15) is 9.59 Å². The van der Waals surface area contributed by atoms with Gasteiger partial charge >= 0.3 is 5.97 Å². The van der Waals surface area contributed by atoms with Gasteiger partial charge in [-0.25, -0.2) is 0 Å². The Morgan fingerprint density at radius 3 is 2.55 bits per heavy atom. The van der Waals surface area contributed by atoms with Gasteiger partial charge in [0.05, 0.1) is 24.3 Å². The first kappa shape index (κ1) is 14.6. The van der Waals surface area contributed by atoms with Gasteiger partial charge in [-0.2, -0.15) is 5.10 Å². The molecule has 0 bridgehead atoms. The van der Waals surface area contributed by atoms with E-state index in [0.717, 1.165) is 12.8 Å². The summed E-state index contributed by atoms with van der Waals surface area (Å²) in [6.07, 6.45) is 4.76. The first-order valence-corrected chi connectivity index (χ1v) is 6.83. The minimum absolute atomic E-state index is 0.00641. The zero-order valence-corrected chi connectivity index (χ0v) is 12.2. The van der Waals surface area contributed by atoms with E-state index in [0.29, 0.717) is 18.7 Å². The van der Waals surface area contributed by atoms with Crippen LogP contribution < -0.4 is 0 Å². The van der Waals surface area contributed by atoms with Gasteiger partial charge in [0.2, 0.25) is 0 Å². The molecule has 0 spiro atoms. The third kappa shape index (κ3) is 2.69. The van der Waals surface area contributed by atoms with E-state index in [-0.39, 0.29) is 17.8 Å². The molecule has 1 aliphatic rings. The maximum absolute atomic E-state index is 12.2. The molecule has 0 radical (unpaired) electrons. The molecule has 0 aliphatic carbocycles. The van der Waals surface area contributed by atoms with E-state index in [2.05, 4.69) is 10.2 Å². The van der Waals surface area contributed by atoms with Gasteiger partial charge < -0.3 is 9.64 Å². The Kier molecular flexibility index (Phi) is 4.11. The second kappa shape index (κ2) is 5.64. The molecule has 0 unspecified atom stereocenters. The van der Waals surface area contributed by atoms with Crippen LogP contribution in [0.25, 0.3) is 0 Å². The smallest absolute Gasteiger partial charge is 0.311 e. The summed E-state index contributed by atoms with van der Waals surface area (Å²) in [4.78, 5) is 25.8. The number of nitrogens with zero attached hydrogens (tertiary/aromatic N) is 2. The third-order valence-corrected chi connectivity index (χ3v) is 4.26. The number of rotatable bonds is 3. The van der Waals surface area contributed by atoms with Gasteiger partial charge in [-0.1, -0.05) is 0 Å². The van der Waals surface area contributed by atoms with Crippen molar-refractivity contribution in [1.82, 2.24) is 15.1 Å². The molecule has 6 heteroatoms. The fourth-order valence-corrected chi connectivity index (χ4v) is 2.78. The molecule has 1 amide bonds. The number of amides is 1. The first-order valence-electron chi connectivity index (χ1n) is 6.83. The normalized spacial score (nSPS) is 17.1. The monoisotopic (exact) mass is 279 g/mol. The van der Waals surface area contributed by atoms with E-state index in [1.54, 1.807) is 6.20 Å². The molecule has 0 atom stereocenters. The fourth-order valence-electron chi connectivity index (χ4n) is 2.78. The molecule has 20 heavy (non-hydrogen) atoms. The molecule has 1 aromatic rings. The predicted molar refractivity (Wildman–Crippen MR) is 73.0 cm³/mol. The van der Waals surface area contributed by atoms with Gasteiger partial charge in [-0.15, -0.1) is 0 Å². The topological polar surface area (TPSA) is 75.3 Å². The molecule has 1 aliphatic heterocycles. The van der Waals surface area contributed by atoms with Crippen molar-refractivity contribution in [2.24, 2.45) is 11.3 Å². The van der Waals surface area contributed by atoms with Gasteiger partial charge in [0.15, 0.2) is 0 Å². The number of methoxy groups -OCH3 is 1. The average molecular weight is 279 g/mol. The lowest BCUT2D eigenvalue weighted by atomic mass is 9.73. The zero-order chi connectivity index (χ0) is 14.8. The van der Waals surface area contributed by atoms with Crippen molar-refractivity contribution in [2.45, 2.75) is 26.7 Å². The minimum atomic E-state index is -0.500. The van der Waals surface area contributed by atoms with Crippen LogP contribution in [-0.2, 0) is 9.53 Å². The summed E-state index contributed by atoms with van der Waals surface area (Å²) < 4.78 is 4.87. The number of piperidine rings is 1. The molecule has 1 fully saturated rings. The zero-order valence-electron chi connectivity index (χ0n) is 12.2. The standard InChI is InChI=1S/C14H21N3O3/c1-14(2,13(19)20-3)11-4-6-17(7-5-11)12(18)10-8-15-16-9-10/h8-9,11H,4-7H2,1-3H3,(H,15,16). The van der Waals surface area contributed by atoms with Crippen molar-refractivity contribution in [3.63, 3.8) is 0 Å². The number of nitrogens with one attached hydrogen (secondary N) is 1. The summed E-state index contributed by atoms with van der Waals surface area (Å²) in [7, 11) is 1.42. The van der Waals surface area contributed by atoms with Gasteiger partial charge in [0.25, 0.3) is 5.91 Å². The Morgan fingerprint density at radius 1 is 1.40 bits per heavy atom. The number of aromatic nitrogens is 2. The summed E-state index contributed by atoms with van der Waals surface area (Å²) in [5.74, 6) is 0.0496. The molecule has 1 saturated heterocycles. The second-order valence-corrected chi connectivity index (χ2v) is 5.77. The number of ether oxygens (including phenoxy) is 1. The molecule has 1 aromatic heterocycles. The number of carbonyl (C=O) groups is 2. The highest BCUT2D eigenvalue weighted by molar-refractivity contribution is 5.93. The average Bonchev–Trinajstić information content (AvgIpc) is 2.99. The lowest BCUT2D eigenvalue weighted by molar-refractivity contribution is -0.154. The Balaban J connectivity index is 1.96. The Labute approximate surface area is 118 Å². The molecule has 0 saturated carbocycles. The maximum Gasteiger partial charge on any atom is 0.311 e. The van der Waals surface area contributed by atoms with E-state index in [4.69, 9.17) is 4.74 Å². The fraction of sp³-hybridized carbons (Fsp3) is 0.643. The van der Waals surface area contributed by atoms with Gasteiger partial charge in [-0.05, 0) is 32.6 Å². The van der Waals surface area contributed by atoms with Gasteiger partial charge in [-0.3, -0.25) is 14.7 Å². The van der Waals surface area contributed by atoms with Crippen LogP contribution in [0.1, 0.15) is 37.0 Å². The number of carbonyl (C=O) groups excluding carboxylic acids is 2. The van der Waals surface area contributed by atoms with Gasteiger partial charge in [0, 0.05) is 19.3 Å². The Morgan fingerprint density at radius 2 is 2.05 bits per heavy atom. The lowest BCUT2D eigenvalue weighted by Gasteiger charge is -2.38. The molecule has 1 N–H and O–H groups in total. The molecule has 2 rings (SSSR count). The van der Waals surface area contributed by atoms with Crippen LogP contribution in [0.4, 0.5) is 0 Å². The predicted octanol–water partition coefficient (Wildman–Crippen LogP) is 1.46. The third-order valence-electron chi connectivity index (χ3n) is 4.26. The van der Waals surface area contributed by atoms with Crippen molar-refractivity contribution in [2.75, 3.05) is 20.2 Å². The maximum atomic E-state index is 12.2. The van der Waals surface area contributed by atoms with E-state index in [1.165, 1.54) is 13.3 Å². The number of H-pyrrole nitrogens is 1. The minimum Gasteiger partial charge on any atom is -0.469 e. The molecular formula is C14H21N3O3. The second-order valence-electron chi connectivity index (χ2n) is 5.77. The first-order chi connectivity index (χ1) is 9.46. The highest BCUT2D eigenvalue weighted by Gasteiger charge is 2.40. The molecule has 0 aromatic carbocycles. The van der Waals surface area contributed by atoms with Crippen molar-refractivity contribution >= 4 is 11.9 Å². The number of aromatic amines is 1. The van der Waals surface area contributed by atoms with E-state index >= 15 is 0 Å². The van der Waals surface area contributed by atoms with Crippen molar-refractivity contribution in [1.29, 1.82) is 0 Å². The van der Waals surface area contributed by atoms with Gasteiger partial charge in [0.1, 0.15) is 0 Å². The van der Waals surface area contributed by atoms with Crippen LogP contribution in [0.15, 0.2) is 12.4 Å². The summed E-state index contributed by atoms with van der Waals surface area (Å²) >= 11 is 0. The Bertz CT molecular complexity index is 474. The largest absolute Gasteiger partial charge is 0.469 e. The lowest BCUT2D eigenvalue weighted by Crippen LogP contribution is -2.44. The van der Waals surface area contributed by atoms with Crippen molar-refractivity contribution in [3.05, 3.63) is 18.0 Å². The highest BCUT2D eigenvalue weighted by Crippen LogP contribution is 2.36. The van der Waals surface area contributed by atoms with E-state index < -0.39 is 5.41 Å². The Hall–Kier alpha value is -1.85. The number of esters is 1. The molecule has 110 valence electrons. The number of likely N-dealkylation sites (tertiary alicyclic amines) is 1. The van der Waals surface area contributed by atoms with Crippen LogP contribution in [0.5, 0.6) is 0 Å². The van der Waals surface area contributed by atoms with Crippen LogP contribution in [0, 0.1) is 11.3 Å².